The quantitative estimate of drug-likeness (QED) is 0.778. The summed E-state index contributed by atoms with van der Waals surface area (Å²) in [6, 6.07) is 1.69. The van der Waals surface area contributed by atoms with Crippen LogP contribution in [0.5, 0.6) is 0 Å². The second-order valence-electron chi connectivity index (χ2n) is 2.73. The maximum Gasteiger partial charge on any atom is 0.194 e. The van der Waals surface area contributed by atoms with Gasteiger partial charge in [0.2, 0.25) is 0 Å². The molecule has 2 aromatic heterocycles. The van der Waals surface area contributed by atoms with E-state index in [-0.39, 0.29) is 0 Å². The Kier molecular flexibility index (Phi) is 1.96. The van der Waals surface area contributed by atoms with Crippen molar-refractivity contribution in [3.8, 4) is 0 Å². The van der Waals surface area contributed by atoms with E-state index < -0.39 is 0 Å². The summed E-state index contributed by atoms with van der Waals surface area (Å²) in [5.74, 6) is 0. The summed E-state index contributed by atoms with van der Waals surface area (Å²) in [5.41, 5.74) is 0.812. The Labute approximate surface area is 87.6 Å². The van der Waals surface area contributed by atoms with Crippen molar-refractivity contribution in [1.29, 1.82) is 5.41 Å². The molecule has 0 aliphatic carbocycles. The Balaban J connectivity index is 3.04. The van der Waals surface area contributed by atoms with E-state index in [1.165, 1.54) is 0 Å². The molecular weight excluding hydrogens is 255 g/mol. The van der Waals surface area contributed by atoms with Gasteiger partial charge in [-0.2, -0.15) is 0 Å². The van der Waals surface area contributed by atoms with Gasteiger partial charge in [-0.25, -0.2) is 0 Å². The Morgan fingerprint density at radius 2 is 2.31 bits per heavy atom. The molecule has 0 atom stereocenters. The van der Waals surface area contributed by atoms with Gasteiger partial charge in [-0.1, -0.05) is 0 Å². The Bertz CT molecular complexity index is 529. The normalized spacial score (nSPS) is 11.0. The fraction of sp³-hybridized carbons (Fsp3) is 0.125. The highest BCUT2D eigenvalue weighted by atomic mass is 79.9. The molecule has 0 fully saturated rings. The van der Waals surface area contributed by atoms with Crippen LogP contribution in [0.3, 0.4) is 0 Å². The van der Waals surface area contributed by atoms with E-state index in [1.807, 2.05) is 0 Å². The van der Waals surface area contributed by atoms with Crippen LogP contribution < -0.4 is 5.49 Å². The number of aromatic nitrogens is 1. The predicted octanol–water partition coefficient (Wildman–Crippen LogP) is 2.67. The molecule has 0 aliphatic rings. The summed E-state index contributed by atoms with van der Waals surface area (Å²) in [5, 5.41) is 8.82. The zero-order valence-electron chi connectivity index (χ0n) is 6.77. The number of pyridine rings is 1. The zero-order valence-corrected chi connectivity index (χ0v) is 9.11. The Morgan fingerprint density at radius 1 is 1.62 bits per heavy atom. The number of fused-ring (bicyclic) bond motifs is 1. The number of halogens is 2. The third-order valence-corrected chi connectivity index (χ3v) is 2.65. The minimum atomic E-state index is 0.301. The van der Waals surface area contributed by atoms with Crippen molar-refractivity contribution in [1.82, 2.24) is 4.57 Å². The Morgan fingerprint density at radius 3 is 3.00 bits per heavy atom. The van der Waals surface area contributed by atoms with Crippen molar-refractivity contribution in [3.05, 3.63) is 27.4 Å². The first-order valence-corrected chi connectivity index (χ1v) is 4.75. The minimum absolute atomic E-state index is 0.301. The fourth-order valence-corrected chi connectivity index (χ4v) is 1.97. The molecule has 2 rings (SSSR count). The molecule has 0 unspecified atom stereocenters. The monoisotopic (exact) mass is 260 g/mol. The molecule has 0 spiro atoms. The number of hydrogen-bond donors (Lipinski definition) is 1. The van der Waals surface area contributed by atoms with Gasteiger partial charge in [-0.3, -0.25) is 5.41 Å². The summed E-state index contributed by atoms with van der Waals surface area (Å²) >= 11 is 9.07. The lowest BCUT2D eigenvalue weighted by atomic mass is 10.3. The van der Waals surface area contributed by atoms with Crippen LogP contribution in [0.25, 0.3) is 11.0 Å². The standard InChI is InChI=1S/C8H6BrClN2O/c1-12-3-5(9)4-2-6(10)13-7(4)8(12)11/h2-3,11H,1H3. The van der Waals surface area contributed by atoms with Gasteiger partial charge in [0, 0.05) is 29.2 Å². The third kappa shape index (κ3) is 1.30. The number of aryl methyl sites for hydroxylation is 1. The summed E-state index contributed by atoms with van der Waals surface area (Å²) in [6.07, 6.45) is 1.80. The first-order valence-electron chi connectivity index (χ1n) is 3.58. The van der Waals surface area contributed by atoms with Crippen LogP contribution in [-0.2, 0) is 7.05 Å². The van der Waals surface area contributed by atoms with Gasteiger partial charge < -0.3 is 8.98 Å². The fourth-order valence-electron chi connectivity index (χ4n) is 1.18. The van der Waals surface area contributed by atoms with Crippen molar-refractivity contribution < 1.29 is 4.42 Å². The maximum absolute atomic E-state index is 7.69. The topological polar surface area (TPSA) is 41.9 Å². The minimum Gasteiger partial charge on any atom is -0.441 e. The van der Waals surface area contributed by atoms with Crippen molar-refractivity contribution in [3.63, 3.8) is 0 Å². The molecule has 2 heterocycles. The molecule has 1 N–H and O–H groups in total. The van der Waals surface area contributed by atoms with E-state index in [1.54, 1.807) is 23.9 Å². The number of hydrogen-bond acceptors (Lipinski definition) is 2. The van der Waals surface area contributed by atoms with Crippen LogP contribution >= 0.6 is 27.5 Å². The van der Waals surface area contributed by atoms with Crippen LogP contribution in [0.1, 0.15) is 0 Å². The summed E-state index contributed by atoms with van der Waals surface area (Å²) in [7, 11) is 1.78. The van der Waals surface area contributed by atoms with Gasteiger partial charge in [-0.15, -0.1) is 0 Å². The smallest absolute Gasteiger partial charge is 0.194 e. The Hall–Kier alpha value is -0.740. The third-order valence-electron chi connectivity index (χ3n) is 1.83. The molecule has 5 heteroatoms. The highest BCUT2D eigenvalue weighted by Gasteiger charge is 2.08. The SMILES string of the molecule is Cn1cc(Br)c2cc(Cl)oc2c1=N. The molecule has 0 bridgehead atoms. The van der Waals surface area contributed by atoms with E-state index >= 15 is 0 Å². The molecule has 13 heavy (non-hydrogen) atoms. The first-order chi connectivity index (χ1) is 6.09. The summed E-state index contributed by atoms with van der Waals surface area (Å²) in [6.45, 7) is 0. The van der Waals surface area contributed by atoms with Crippen LogP contribution in [0.15, 0.2) is 21.2 Å². The van der Waals surface area contributed by atoms with Crippen LogP contribution in [0.2, 0.25) is 5.22 Å². The van der Waals surface area contributed by atoms with E-state index in [0.29, 0.717) is 16.3 Å². The highest BCUT2D eigenvalue weighted by Crippen LogP contribution is 2.26. The second kappa shape index (κ2) is 2.89. The number of nitrogens with zero attached hydrogens (tertiary/aromatic N) is 1. The number of furan rings is 1. The molecule has 0 saturated carbocycles. The van der Waals surface area contributed by atoms with Crippen LogP contribution in [-0.4, -0.2) is 4.57 Å². The molecule has 0 amide bonds. The molecule has 2 aromatic rings. The lowest BCUT2D eigenvalue weighted by Gasteiger charge is -1.99. The van der Waals surface area contributed by atoms with Gasteiger partial charge in [0.1, 0.15) is 0 Å². The molecule has 0 radical (unpaired) electrons. The maximum atomic E-state index is 7.69. The van der Waals surface area contributed by atoms with E-state index in [0.717, 1.165) is 9.86 Å². The average Bonchev–Trinajstić information content (AvgIpc) is 2.44. The van der Waals surface area contributed by atoms with Gasteiger partial charge in [-0.05, 0) is 27.5 Å². The summed E-state index contributed by atoms with van der Waals surface area (Å²) in [4.78, 5) is 0. The van der Waals surface area contributed by atoms with E-state index in [4.69, 9.17) is 21.4 Å². The van der Waals surface area contributed by atoms with Crippen molar-refractivity contribution in [2.24, 2.45) is 7.05 Å². The first kappa shape index (κ1) is 8.84. The van der Waals surface area contributed by atoms with Crippen LogP contribution in [0, 0.1) is 5.41 Å². The van der Waals surface area contributed by atoms with E-state index in [2.05, 4.69) is 15.9 Å². The van der Waals surface area contributed by atoms with Crippen molar-refractivity contribution in [2.75, 3.05) is 0 Å². The summed E-state index contributed by atoms with van der Waals surface area (Å²) < 4.78 is 7.72. The molecular formula is C8H6BrClN2O. The van der Waals surface area contributed by atoms with E-state index in [9.17, 15) is 0 Å². The van der Waals surface area contributed by atoms with Crippen molar-refractivity contribution >= 4 is 38.5 Å². The lowest BCUT2D eigenvalue weighted by Crippen LogP contribution is -2.15. The number of nitrogens with one attached hydrogen (secondary N) is 1. The van der Waals surface area contributed by atoms with Gasteiger partial charge >= 0.3 is 0 Å². The molecule has 68 valence electrons. The predicted molar refractivity (Wildman–Crippen MR) is 53.7 cm³/mol. The average molecular weight is 262 g/mol. The van der Waals surface area contributed by atoms with Gasteiger partial charge in [0.05, 0.1) is 0 Å². The zero-order chi connectivity index (χ0) is 9.59. The van der Waals surface area contributed by atoms with Crippen LogP contribution in [0.4, 0.5) is 0 Å². The molecule has 0 aliphatic heterocycles. The van der Waals surface area contributed by atoms with Crippen molar-refractivity contribution in [2.45, 2.75) is 0 Å². The molecule has 0 aromatic carbocycles. The highest BCUT2D eigenvalue weighted by molar-refractivity contribution is 9.10. The molecule has 0 saturated heterocycles. The largest absolute Gasteiger partial charge is 0.441 e. The molecule has 3 nitrogen and oxygen atoms in total. The second-order valence-corrected chi connectivity index (χ2v) is 3.96. The van der Waals surface area contributed by atoms with Gasteiger partial charge in [0.25, 0.3) is 0 Å². The lowest BCUT2D eigenvalue weighted by molar-refractivity contribution is 0.602. The van der Waals surface area contributed by atoms with Gasteiger partial charge in [0.15, 0.2) is 16.3 Å². The number of rotatable bonds is 0.